The summed E-state index contributed by atoms with van der Waals surface area (Å²) < 4.78 is 0. The van der Waals surface area contributed by atoms with Gasteiger partial charge in [0.1, 0.15) is 5.54 Å². The van der Waals surface area contributed by atoms with Crippen LogP contribution in [0.5, 0.6) is 0 Å². The van der Waals surface area contributed by atoms with Gasteiger partial charge in [0.2, 0.25) is 0 Å². The highest BCUT2D eigenvalue weighted by Gasteiger charge is 2.20. The molecule has 0 aliphatic heterocycles. The van der Waals surface area contributed by atoms with E-state index in [0.717, 1.165) is 25.0 Å². The number of rotatable bonds is 7. The number of benzene rings is 1. The Kier molecular flexibility index (Phi) is 6.41. The quantitative estimate of drug-likeness (QED) is 0.596. The molecule has 2 N–H and O–H groups in total. The van der Waals surface area contributed by atoms with Gasteiger partial charge < -0.3 is 5.73 Å². The summed E-state index contributed by atoms with van der Waals surface area (Å²) in [4.78, 5) is 1.29. The number of thioether (sulfide) groups is 1. The summed E-state index contributed by atoms with van der Waals surface area (Å²) in [5.74, 6) is 1.60. The fourth-order valence-electron chi connectivity index (χ4n) is 1.84. The molecule has 1 aromatic carbocycles. The summed E-state index contributed by atoms with van der Waals surface area (Å²) in [5.41, 5.74) is 6.70. The zero-order valence-electron chi connectivity index (χ0n) is 12.1. The van der Waals surface area contributed by atoms with Crippen LogP contribution >= 0.6 is 11.8 Å². The molecule has 1 rings (SSSR count). The molecular formula is C16H24N2S. The van der Waals surface area contributed by atoms with E-state index in [4.69, 9.17) is 11.0 Å². The fourth-order valence-corrected chi connectivity index (χ4v) is 2.69. The van der Waals surface area contributed by atoms with Crippen molar-refractivity contribution in [3.63, 3.8) is 0 Å². The summed E-state index contributed by atoms with van der Waals surface area (Å²) >= 11 is 1.84. The van der Waals surface area contributed by atoms with Gasteiger partial charge in [-0.05, 0) is 48.6 Å². The van der Waals surface area contributed by atoms with Crippen molar-refractivity contribution in [2.24, 2.45) is 5.73 Å². The van der Waals surface area contributed by atoms with Crippen molar-refractivity contribution in [3.05, 3.63) is 29.8 Å². The molecule has 0 heterocycles. The highest BCUT2D eigenvalue weighted by molar-refractivity contribution is 7.99. The maximum atomic E-state index is 9.00. The van der Waals surface area contributed by atoms with E-state index in [2.05, 4.69) is 44.2 Å². The van der Waals surface area contributed by atoms with Gasteiger partial charge in [-0.2, -0.15) is 5.26 Å². The van der Waals surface area contributed by atoms with Crippen LogP contribution in [0.3, 0.4) is 0 Å². The molecule has 1 atom stereocenters. The molecule has 1 aromatic rings. The molecule has 0 spiro atoms. The molecule has 0 fully saturated rings. The van der Waals surface area contributed by atoms with Crippen LogP contribution in [0.2, 0.25) is 0 Å². The summed E-state index contributed by atoms with van der Waals surface area (Å²) in [6, 6.07) is 11.0. The Bertz CT molecular complexity index is 419. The molecule has 0 radical (unpaired) electrons. The Labute approximate surface area is 121 Å². The Morgan fingerprint density at radius 1 is 1.32 bits per heavy atom. The lowest BCUT2D eigenvalue weighted by Crippen LogP contribution is -2.37. The van der Waals surface area contributed by atoms with Gasteiger partial charge in [-0.25, -0.2) is 0 Å². The second-order valence-corrected chi connectivity index (χ2v) is 6.47. The molecule has 3 heteroatoms. The highest BCUT2D eigenvalue weighted by atomic mass is 32.2. The number of nitrogens with two attached hydrogens (primary N) is 1. The molecule has 0 aliphatic carbocycles. The zero-order valence-corrected chi connectivity index (χ0v) is 13.0. The van der Waals surface area contributed by atoms with Gasteiger partial charge in [-0.1, -0.05) is 32.9 Å². The first-order chi connectivity index (χ1) is 9.00. The molecular weight excluding hydrogens is 252 g/mol. The third-order valence-corrected chi connectivity index (χ3v) is 4.53. The Balaban J connectivity index is 2.36. The standard InChI is InChI=1S/C16H24N2S/c1-4-16(18,12-17)10-5-11-19-15-8-6-14(7-9-15)13(2)3/h6-9,13H,4-5,10-11,18H2,1-3H3. The fraction of sp³-hybridized carbons (Fsp3) is 0.562. The minimum atomic E-state index is -0.637. The van der Waals surface area contributed by atoms with E-state index in [-0.39, 0.29) is 0 Å². The van der Waals surface area contributed by atoms with E-state index in [1.54, 1.807) is 0 Å². The lowest BCUT2D eigenvalue weighted by atomic mass is 9.94. The van der Waals surface area contributed by atoms with Crippen molar-refractivity contribution in [3.8, 4) is 6.07 Å². The Morgan fingerprint density at radius 2 is 1.95 bits per heavy atom. The smallest absolute Gasteiger partial charge is 0.104 e. The van der Waals surface area contributed by atoms with E-state index in [9.17, 15) is 0 Å². The van der Waals surface area contributed by atoms with E-state index >= 15 is 0 Å². The van der Waals surface area contributed by atoms with Crippen LogP contribution in [-0.4, -0.2) is 11.3 Å². The third kappa shape index (κ3) is 5.26. The number of hydrogen-bond acceptors (Lipinski definition) is 3. The van der Waals surface area contributed by atoms with Crippen LogP contribution in [0.15, 0.2) is 29.2 Å². The summed E-state index contributed by atoms with van der Waals surface area (Å²) in [5, 5.41) is 9.00. The summed E-state index contributed by atoms with van der Waals surface area (Å²) in [6.07, 6.45) is 2.48. The van der Waals surface area contributed by atoms with E-state index in [1.807, 2.05) is 18.7 Å². The maximum Gasteiger partial charge on any atom is 0.104 e. The SMILES string of the molecule is CCC(N)(C#N)CCCSc1ccc(C(C)C)cc1. The second-order valence-electron chi connectivity index (χ2n) is 5.30. The zero-order chi connectivity index (χ0) is 14.3. The van der Waals surface area contributed by atoms with Crippen LogP contribution in [0.25, 0.3) is 0 Å². The van der Waals surface area contributed by atoms with E-state index in [1.165, 1.54) is 10.5 Å². The van der Waals surface area contributed by atoms with E-state index < -0.39 is 5.54 Å². The monoisotopic (exact) mass is 276 g/mol. The average molecular weight is 276 g/mol. The van der Waals surface area contributed by atoms with Gasteiger partial charge in [-0.15, -0.1) is 11.8 Å². The number of hydrogen-bond donors (Lipinski definition) is 1. The summed E-state index contributed by atoms with van der Waals surface area (Å²) in [7, 11) is 0. The molecule has 0 amide bonds. The summed E-state index contributed by atoms with van der Waals surface area (Å²) in [6.45, 7) is 6.38. The maximum absolute atomic E-state index is 9.00. The number of nitriles is 1. The molecule has 0 bridgehead atoms. The first-order valence-corrected chi connectivity index (χ1v) is 7.92. The Hall–Kier alpha value is -0.980. The molecule has 0 saturated carbocycles. The molecule has 0 aromatic heterocycles. The van der Waals surface area contributed by atoms with Crippen molar-refractivity contribution in [2.75, 3.05) is 5.75 Å². The van der Waals surface area contributed by atoms with Crippen LogP contribution in [0, 0.1) is 11.3 Å². The minimum absolute atomic E-state index is 0.581. The van der Waals surface area contributed by atoms with Crippen molar-refractivity contribution in [1.29, 1.82) is 5.26 Å². The van der Waals surface area contributed by atoms with E-state index in [0.29, 0.717) is 5.92 Å². The van der Waals surface area contributed by atoms with Crippen molar-refractivity contribution >= 4 is 11.8 Å². The number of nitrogens with zero attached hydrogens (tertiary/aromatic N) is 1. The van der Waals surface area contributed by atoms with Crippen molar-refractivity contribution < 1.29 is 0 Å². The molecule has 104 valence electrons. The molecule has 0 saturated heterocycles. The Morgan fingerprint density at radius 3 is 2.42 bits per heavy atom. The van der Waals surface area contributed by atoms with Gasteiger partial charge in [0, 0.05) is 4.90 Å². The largest absolute Gasteiger partial charge is 0.313 e. The van der Waals surface area contributed by atoms with Crippen LogP contribution in [-0.2, 0) is 0 Å². The van der Waals surface area contributed by atoms with Crippen LogP contribution < -0.4 is 5.73 Å². The highest BCUT2D eigenvalue weighted by Crippen LogP contribution is 2.24. The second kappa shape index (κ2) is 7.57. The van der Waals surface area contributed by atoms with Crippen LogP contribution in [0.1, 0.15) is 51.5 Å². The minimum Gasteiger partial charge on any atom is -0.313 e. The van der Waals surface area contributed by atoms with Crippen LogP contribution in [0.4, 0.5) is 0 Å². The topological polar surface area (TPSA) is 49.8 Å². The molecule has 19 heavy (non-hydrogen) atoms. The van der Waals surface area contributed by atoms with Gasteiger partial charge >= 0.3 is 0 Å². The van der Waals surface area contributed by atoms with Crippen molar-refractivity contribution in [2.45, 2.75) is 56.4 Å². The van der Waals surface area contributed by atoms with Gasteiger partial charge in [0.25, 0.3) is 0 Å². The van der Waals surface area contributed by atoms with Gasteiger partial charge in [0.05, 0.1) is 6.07 Å². The molecule has 0 aliphatic rings. The van der Waals surface area contributed by atoms with Crippen molar-refractivity contribution in [1.82, 2.24) is 0 Å². The predicted octanol–water partition coefficient (Wildman–Crippen LogP) is 4.31. The molecule has 2 nitrogen and oxygen atoms in total. The first-order valence-electron chi connectivity index (χ1n) is 6.93. The third-order valence-electron chi connectivity index (χ3n) is 3.44. The normalized spacial score (nSPS) is 14.1. The van der Waals surface area contributed by atoms with Gasteiger partial charge in [0.15, 0.2) is 0 Å². The lowest BCUT2D eigenvalue weighted by molar-refractivity contribution is 0.478. The van der Waals surface area contributed by atoms with Gasteiger partial charge in [-0.3, -0.25) is 0 Å². The lowest BCUT2D eigenvalue weighted by Gasteiger charge is -2.18. The average Bonchev–Trinajstić information content (AvgIpc) is 2.44. The predicted molar refractivity (Wildman–Crippen MR) is 83.3 cm³/mol. The molecule has 1 unspecified atom stereocenters. The first kappa shape index (κ1) is 16.1.